The van der Waals surface area contributed by atoms with E-state index in [-0.39, 0.29) is 17.0 Å². The smallest absolute Gasteiger partial charge is 0.286 e. The summed E-state index contributed by atoms with van der Waals surface area (Å²) in [4.78, 5) is 25.2. The Hall–Kier alpha value is -3.29. The van der Waals surface area contributed by atoms with E-state index in [1.54, 1.807) is 0 Å². The van der Waals surface area contributed by atoms with Gasteiger partial charge >= 0.3 is 0 Å². The molecular weight excluding hydrogens is 362 g/mol. The first kappa shape index (κ1) is 19.5. The van der Waals surface area contributed by atoms with Crippen LogP contribution in [0.25, 0.3) is 0 Å². The lowest BCUT2D eigenvalue weighted by molar-refractivity contribution is -0.385. The highest BCUT2D eigenvalue weighted by Gasteiger charge is 2.26. The van der Waals surface area contributed by atoms with Gasteiger partial charge in [0.2, 0.25) is 0 Å². The highest BCUT2D eigenvalue weighted by molar-refractivity contribution is 5.99. The van der Waals surface area contributed by atoms with Crippen LogP contribution in [0.15, 0.2) is 36.4 Å². The predicted molar refractivity (Wildman–Crippen MR) is 106 cm³/mol. The molecule has 1 heterocycles. The van der Waals surface area contributed by atoms with E-state index >= 15 is 0 Å². The Bertz CT molecular complexity index is 865. The molecule has 0 saturated heterocycles. The molecule has 1 aliphatic heterocycles. The van der Waals surface area contributed by atoms with E-state index in [4.69, 9.17) is 9.47 Å². The van der Waals surface area contributed by atoms with E-state index in [0.29, 0.717) is 25.5 Å². The number of nitrogens with zero attached hydrogens (tertiary/aromatic N) is 2. The summed E-state index contributed by atoms with van der Waals surface area (Å²) in [6.45, 7) is 1.09. The van der Waals surface area contributed by atoms with Gasteiger partial charge in [-0.25, -0.2) is 0 Å². The number of carbonyl (C=O) groups excluding carboxylic acids is 1. The summed E-state index contributed by atoms with van der Waals surface area (Å²) in [5, 5.41) is 14.1. The first-order valence-electron chi connectivity index (χ1n) is 9.08. The van der Waals surface area contributed by atoms with Gasteiger partial charge in [-0.2, -0.15) is 0 Å². The second-order valence-corrected chi connectivity index (χ2v) is 6.69. The predicted octanol–water partition coefficient (Wildman–Crippen LogP) is 2.79. The van der Waals surface area contributed by atoms with Crippen LogP contribution in [0.5, 0.6) is 11.5 Å². The Kier molecular flexibility index (Phi) is 5.98. The summed E-state index contributed by atoms with van der Waals surface area (Å²) in [7, 11) is 3.98. The van der Waals surface area contributed by atoms with Crippen LogP contribution in [-0.2, 0) is 6.42 Å². The molecular formula is C20H23N3O5. The van der Waals surface area contributed by atoms with Crippen molar-refractivity contribution in [3.05, 3.63) is 57.6 Å². The van der Waals surface area contributed by atoms with Crippen molar-refractivity contribution in [1.82, 2.24) is 5.32 Å². The number of fused-ring (bicyclic) bond motifs is 1. The van der Waals surface area contributed by atoms with Crippen molar-refractivity contribution in [2.24, 2.45) is 0 Å². The lowest BCUT2D eigenvalue weighted by Crippen LogP contribution is -2.26. The van der Waals surface area contributed by atoms with E-state index in [0.717, 1.165) is 18.5 Å². The average Bonchev–Trinajstić information content (AvgIpc) is 2.70. The Morgan fingerprint density at radius 1 is 1.14 bits per heavy atom. The van der Waals surface area contributed by atoms with Gasteiger partial charge in [-0.1, -0.05) is 12.1 Å². The third-order valence-corrected chi connectivity index (χ3v) is 4.48. The SMILES string of the molecule is CN(C)c1ccc(CCCNC(=O)c2cc3c(cc2[N+](=O)[O-])OCCO3)cc1. The van der Waals surface area contributed by atoms with Crippen LogP contribution in [0.1, 0.15) is 22.3 Å². The number of amides is 1. The highest BCUT2D eigenvalue weighted by Crippen LogP contribution is 2.36. The molecule has 1 amide bonds. The van der Waals surface area contributed by atoms with Crippen molar-refractivity contribution in [3.63, 3.8) is 0 Å². The second-order valence-electron chi connectivity index (χ2n) is 6.69. The molecule has 0 aliphatic carbocycles. The number of benzene rings is 2. The molecule has 0 unspecified atom stereocenters. The molecule has 0 fully saturated rings. The number of ether oxygens (including phenoxy) is 2. The molecule has 2 aromatic carbocycles. The summed E-state index contributed by atoms with van der Waals surface area (Å²) in [5.74, 6) is 0.144. The first-order valence-corrected chi connectivity index (χ1v) is 9.08. The summed E-state index contributed by atoms with van der Waals surface area (Å²) < 4.78 is 10.8. The van der Waals surface area contributed by atoms with E-state index in [1.807, 2.05) is 31.1 Å². The van der Waals surface area contributed by atoms with Gasteiger partial charge in [0.1, 0.15) is 18.8 Å². The maximum absolute atomic E-state index is 12.5. The van der Waals surface area contributed by atoms with Crippen molar-refractivity contribution >= 4 is 17.3 Å². The molecule has 148 valence electrons. The van der Waals surface area contributed by atoms with Crippen molar-refractivity contribution in [2.45, 2.75) is 12.8 Å². The van der Waals surface area contributed by atoms with Crippen molar-refractivity contribution < 1.29 is 19.2 Å². The van der Waals surface area contributed by atoms with Crippen LogP contribution < -0.4 is 19.7 Å². The summed E-state index contributed by atoms with van der Waals surface area (Å²) in [6.07, 6.45) is 1.53. The quantitative estimate of drug-likeness (QED) is 0.447. The third kappa shape index (κ3) is 4.51. The van der Waals surface area contributed by atoms with Gasteiger partial charge in [0.25, 0.3) is 11.6 Å². The summed E-state index contributed by atoms with van der Waals surface area (Å²) >= 11 is 0. The molecule has 0 saturated carbocycles. The first-order chi connectivity index (χ1) is 13.5. The number of rotatable bonds is 7. The van der Waals surface area contributed by atoms with Crippen LogP contribution in [0.2, 0.25) is 0 Å². The molecule has 1 N–H and O–H groups in total. The molecule has 1 aliphatic rings. The molecule has 2 aromatic rings. The zero-order valence-corrected chi connectivity index (χ0v) is 15.9. The summed E-state index contributed by atoms with van der Waals surface area (Å²) in [5.41, 5.74) is 1.98. The van der Waals surface area contributed by atoms with E-state index < -0.39 is 10.8 Å². The molecule has 0 radical (unpaired) electrons. The van der Waals surface area contributed by atoms with Gasteiger partial charge < -0.3 is 19.7 Å². The maximum atomic E-state index is 12.5. The van der Waals surface area contributed by atoms with Gasteiger partial charge in [0.15, 0.2) is 11.5 Å². The summed E-state index contributed by atoms with van der Waals surface area (Å²) in [6, 6.07) is 10.8. The Morgan fingerprint density at radius 2 is 1.79 bits per heavy atom. The van der Waals surface area contributed by atoms with E-state index in [9.17, 15) is 14.9 Å². The monoisotopic (exact) mass is 385 g/mol. The van der Waals surface area contributed by atoms with Crippen LogP contribution in [0.3, 0.4) is 0 Å². The molecule has 0 aromatic heterocycles. The lowest BCUT2D eigenvalue weighted by Gasteiger charge is -2.18. The van der Waals surface area contributed by atoms with Crippen LogP contribution in [0, 0.1) is 10.1 Å². The number of nitro benzene ring substituents is 1. The molecule has 8 heteroatoms. The zero-order valence-electron chi connectivity index (χ0n) is 15.9. The Morgan fingerprint density at radius 3 is 2.39 bits per heavy atom. The minimum atomic E-state index is -0.584. The normalized spacial score (nSPS) is 12.4. The fourth-order valence-electron chi connectivity index (χ4n) is 2.96. The Labute approximate surface area is 163 Å². The average molecular weight is 385 g/mol. The number of hydrogen-bond acceptors (Lipinski definition) is 6. The lowest BCUT2D eigenvalue weighted by atomic mass is 10.1. The fraction of sp³-hybridized carbons (Fsp3) is 0.350. The number of nitro groups is 1. The van der Waals surface area contributed by atoms with Crippen molar-refractivity contribution in [2.75, 3.05) is 38.8 Å². The van der Waals surface area contributed by atoms with E-state index in [2.05, 4.69) is 17.4 Å². The number of hydrogen-bond donors (Lipinski definition) is 1. The minimum Gasteiger partial charge on any atom is -0.486 e. The van der Waals surface area contributed by atoms with Crippen molar-refractivity contribution in [1.29, 1.82) is 0 Å². The molecule has 28 heavy (non-hydrogen) atoms. The minimum absolute atomic E-state index is 0.0235. The van der Waals surface area contributed by atoms with Gasteiger partial charge in [0, 0.05) is 32.4 Å². The van der Waals surface area contributed by atoms with Crippen LogP contribution in [-0.4, -0.2) is 44.7 Å². The van der Waals surface area contributed by atoms with Gasteiger partial charge in [-0.05, 0) is 30.5 Å². The van der Waals surface area contributed by atoms with Gasteiger partial charge in [-0.15, -0.1) is 0 Å². The molecule has 3 rings (SSSR count). The number of anilines is 1. The molecule has 8 nitrogen and oxygen atoms in total. The number of aryl methyl sites for hydroxylation is 1. The van der Waals surface area contributed by atoms with E-state index in [1.165, 1.54) is 17.7 Å². The van der Waals surface area contributed by atoms with Crippen LogP contribution in [0.4, 0.5) is 11.4 Å². The number of carbonyl (C=O) groups is 1. The van der Waals surface area contributed by atoms with Gasteiger partial charge in [0.05, 0.1) is 11.0 Å². The van der Waals surface area contributed by atoms with Crippen molar-refractivity contribution in [3.8, 4) is 11.5 Å². The highest BCUT2D eigenvalue weighted by atomic mass is 16.6. The standard InChI is InChI=1S/C20H23N3O5/c1-22(2)15-7-5-14(6-8-15)4-3-9-21-20(24)16-12-18-19(28-11-10-27-18)13-17(16)23(25)26/h5-8,12-13H,3-4,9-11H2,1-2H3,(H,21,24). The molecule has 0 atom stereocenters. The fourth-order valence-corrected chi connectivity index (χ4v) is 2.96. The van der Waals surface area contributed by atoms with Gasteiger partial charge in [-0.3, -0.25) is 14.9 Å². The Balaban J connectivity index is 1.59. The largest absolute Gasteiger partial charge is 0.486 e. The second kappa shape index (κ2) is 8.60. The van der Waals surface area contributed by atoms with Crippen LogP contribution >= 0.6 is 0 Å². The molecule has 0 bridgehead atoms. The third-order valence-electron chi connectivity index (χ3n) is 4.48. The topological polar surface area (TPSA) is 93.9 Å². The zero-order chi connectivity index (χ0) is 20.1. The maximum Gasteiger partial charge on any atom is 0.286 e. The number of nitrogens with one attached hydrogen (secondary N) is 1. The molecule has 0 spiro atoms.